The van der Waals surface area contributed by atoms with Gasteiger partial charge in [0.2, 0.25) is 0 Å². The summed E-state index contributed by atoms with van der Waals surface area (Å²) in [5, 5.41) is 12.8. The van der Waals surface area contributed by atoms with Crippen LogP contribution in [-0.4, -0.2) is 30.8 Å². The Kier molecular flexibility index (Phi) is 2.58. The molecular weight excluding hydrogens is 164 g/mol. The van der Waals surface area contributed by atoms with E-state index < -0.39 is 0 Å². The highest BCUT2D eigenvalue weighted by atomic mass is 16.3. The molecule has 0 amide bonds. The lowest BCUT2D eigenvalue weighted by Crippen LogP contribution is -2.54. The van der Waals surface area contributed by atoms with Crippen molar-refractivity contribution in [2.75, 3.05) is 19.6 Å². The first-order valence-corrected chi connectivity index (χ1v) is 5.36. The summed E-state index contributed by atoms with van der Waals surface area (Å²) in [4.78, 5) is 0. The van der Waals surface area contributed by atoms with Crippen molar-refractivity contribution in [1.82, 2.24) is 5.32 Å². The quantitative estimate of drug-likeness (QED) is 0.570. The Bertz CT molecular complexity index is 172. The van der Waals surface area contributed by atoms with Crippen LogP contribution in [0.4, 0.5) is 0 Å². The summed E-state index contributed by atoms with van der Waals surface area (Å²) < 4.78 is 0. The van der Waals surface area contributed by atoms with E-state index in [2.05, 4.69) is 5.32 Å². The Balaban J connectivity index is 1.95. The van der Waals surface area contributed by atoms with Gasteiger partial charge in [-0.2, -0.15) is 0 Å². The van der Waals surface area contributed by atoms with E-state index in [1.165, 1.54) is 12.8 Å². The van der Waals surface area contributed by atoms with Gasteiger partial charge in [0.05, 0.1) is 6.10 Å². The van der Waals surface area contributed by atoms with Gasteiger partial charge >= 0.3 is 0 Å². The summed E-state index contributed by atoms with van der Waals surface area (Å²) in [6, 6.07) is 0. The van der Waals surface area contributed by atoms with Gasteiger partial charge in [0.25, 0.3) is 0 Å². The molecule has 3 nitrogen and oxygen atoms in total. The topological polar surface area (TPSA) is 58.3 Å². The van der Waals surface area contributed by atoms with Crippen LogP contribution in [0.2, 0.25) is 0 Å². The number of piperidine rings is 1. The molecule has 2 fully saturated rings. The molecule has 2 aliphatic rings. The minimum absolute atomic E-state index is 0.0783. The number of hydrogen-bond acceptors (Lipinski definition) is 3. The third-order valence-electron chi connectivity index (χ3n) is 3.85. The first-order valence-electron chi connectivity index (χ1n) is 5.36. The molecule has 4 N–H and O–H groups in total. The molecular formula is C10H20N2O. The largest absolute Gasteiger partial charge is 0.393 e. The Morgan fingerprint density at radius 3 is 2.69 bits per heavy atom. The van der Waals surface area contributed by atoms with Crippen LogP contribution >= 0.6 is 0 Å². The SMILES string of the molecule is NCC1(C2CCCNC2)CC(O)C1. The summed E-state index contributed by atoms with van der Waals surface area (Å²) in [6.45, 7) is 3.00. The predicted molar refractivity (Wildman–Crippen MR) is 52.3 cm³/mol. The second kappa shape index (κ2) is 3.56. The zero-order valence-corrected chi connectivity index (χ0v) is 8.13. The Labute approximate surface area is 79.7 Å². The molecule has 0 aromatic carbocycles. The fraction of sp³-hybridized carbons (Fsp3) is 1.00. The normalized spacial score (nSPS) is 45.7. The lowest BCUT2D eigenvalue weighted by Gasteiger charge is -2.51. The Hall–Kier alpha value is -0.120. The van der Waals surface area contributed by atoms with E-state index in [1.807, 2.05) is 0 Å². The summed E-state index contributed by atoms with van der Waals surface area (Å²) in [5.41, 5.74) is 6.09. The van der Waals surface area contributed by atoms with Gasteiger partial charge in [-0.05, 0) is 56.7 Å². The molecule has 0 aromatic rings. The van der Waals surface area contributed by atoms with Gasteiger partial charge in [0.15, 0.2) is 0 Å². The molecule has 13 heavy (non-hydrogen) atoms. The van der Waals surface area contributed by atoms with Gasteiger partial charge in [0.1, 0.15) is 0 Å². The number of nitrogens with one attached hydrogen (secondary N) is 1. The first-order chi connectivity index (χ1) is 6.27. The molecule has 1 saturated carbocycles. The Morgan fingerprint density at radius 1 is 1.46 bits per heavy atom. The first kappa shape index (κ1) is 9.44. The van der Waals surface area contributed by atoms with Crippen LogP contribution in [0.1, 0.15) is 25.7 Å². The number of rotatable bonds is 2. The van der Waals surface area contributed by atoms with Crippen molar-refractivity contribution in [1.29, 1.82) is 0 Å². The zero-order valence-electron chi connectivity index (χ0n) is 8.13. The van der Waals surface area contributed by atoms with Crippen LogP contribution < -0.4 is 11.1 Å². The van der Waals surface area contributed by atoms with Crippen molar-refractivity contribution in [3.63, 3.8) is 0 Å². The zero-order chi connectivity index (χ0) is 9.31. The van der Waals surface area contributed by atoms with Crippen molar-refractivity contribution < 1.29 is 5.11 Å². The standard InChI is InChI=1S/C10H20N2O/c11-7-10(4-9(13)5-10)8-2-1-3-12-6-8/h8-9,12-13H,1-7,11H2. The second-order valence-electron chi connectivity index (χ2n) is 4.67. The molecule has 1 aliphatic heterocycles. The average Bonchev–Trinajstić information content (AvgIpc) is 2.14. The summed E-state index contributed by atoms with van der Waals surface area (Å²) >= 11 is 0. The van der Waals surface area contributed by atoms with Crippen LogP contribution in [0.5, 0.6) is 0 Å². The van der Waals surface area contributed by atoms with E-state index in [1.54, 1.807) is 0 Å². The highest BCUT2D eigenvalue weighted by Gasteiger charge is 2.47. The molecule has 1 heterocycles. The third-order valence-corrected chi connectivity index (χ3v) is 3.85. The van der Waals surface area contributed by atoms with Crippen molar-refractivity contribution in [3.8, 4) is 0 Å². The summed E-state index contributed by atoms with van der Waals surface area (Å²) in [5.74, 6) is 0.703. The fourth-order valence-corrected chi connectivity index (χ4v) is 2.92. The molecule has 0 spiro atoms. The average molecular weight is 184 g/mol. The van der Waals surface area contributed by atoms with Crippen LogP contribution in [-0.2, 0) is 0 Å². The van der Waals surface area contributed by atoms with E-state index in [-0.39, 0.29) is 11.5 Å². The molecule has 1 unspecified atom stereocenters. The highest BCUT2D eigenvalue weighted by molar-refractivity contribution is 5.00. The maximum absolute atomic E-state index is 9.37. The van der Waals surface area contributed by atoms with Gasteiger partial charge in [-0.15, -0.1) is 0 Å². The van der Waals surface area contributed by atoms with Gasteiger partial charge in [-0.1, -0.05) is 0 Å². The Morgan fingerprint density at radius 2 is 2.23 bits per heavy atom. The van der Waals surface area contributed by atoms with Crippen LogP contribution in [0.3, 0.4) is 0 Å². The maximum Gasteiger partial charge on any atom is 0.0552 e. The van der Waals surface area contributed by atoms with Crippen LogP contribution in [0.25, 0.3) is 0 Å². The fourth-order valence-electron chi connectivity index (χ4n) is 2.92. The van der Waals surface area contributed by atoms with Gasteiger partial charge < -0.3 is 16.2 Å². The van der Waals surface area contributed by atoms with E-state index in [9.17, 15) is 5.11 Å². The van der Waals surface area contributed by atoms with Gasteiger partial charge in [0, 0.05) is 0 Å². The van der Waals surface area contributed by atoms with E-state index >= 15 is 0 Å². The number of nitrogens with two attached hydrogens (primary N) is 1. The minimum atomic E-state index is -0.0783. The van der Waals surface area contributed by atoms with Gasteiger partial charge in [-0.3, -0.25) is 0 Å². The van der Waals surface area contributed by atoms with E-state index in [0.717, 1.165) is 32.5 Å². The molecule has 3 heteroatoms. The monoisotopic (exact) mass is 184 g/mol. The number of hydrogen-bond donors (Lipinski definition) is 3. The molecule has 1 atom stereocenters. The number of aliphatic hydroxyl groups excluding tert-OH is 1. The van der Waals surface area contributed by atoms with E-state index in [4.69, 9.17) is 5.73 Å². The predicted octanol–water partition coefficient (Wildman–Crippen LogP) is 0.0858. The second-order valence-corrected chi connectivity index (χ2v) is 4.67. The van der Waals surface area contributed by atoms with Crippen LogP contribution in [0.15, 0.2) is 0 Å². The van der Waals surface area contributed by atoms with Crippen molar-refractivity contribution in [2.24, 2.45) is 17.1 Å². The molecule has 2 rings (SSSR count). The number of aliphatic hydroxyl groups is 1. The smallest absolute Gasteiger partial charge is 0.0552 e. The van der Waals surface area contributed by atoms with Gasteiger partial charge in [-0.25, -0.2) is 0 Å². The van der Waals surface area contributed by atoms with Crippen LogP contribution in [0, 0.1) is 11.3 Å². The molecule has 0 aromatic heterocycles. The summed E-state index contributed by atoms with van der Waals surface area (Å²) in [6.07, 6.45) is 4.33. The third kappa shape index (κ3) is 1.60. The molecule has 0 bridgehead atoms. The van der Waals surface area contributed by atoms with Crippen molar-refractivity contribution >= 4 is 0 Å². The maximum atomic E-state index is 9.37. The lowest BCUT2D eigenvalue weighted by atomic mass is 9.58. The highest BCUT2D eigenvalue weighted by Crippen LogP contribution is 2.48. The minimum Gasteiger partial charge on any atom is -0.393 e. The summed E-state index contributed by atoms with van der Waals surface area (Å²) in [7, 11) is 0. The lowest BCUT2D eigenvalue weighted by molar-refractivity contribution is -0.0694. The van der Waals surface area contributed by atoms with Crippen molar-refractivity contribution in [3.05, 3.63) is 0 Å². The molecule has 76 valence electrons. The van der Waals surface area contributed by atoms with Crippen molar-refractivity contribution in [2.45, 2.75) is 31.8 Å². The molecule has 1 saturated heterocycles. The van der Waals surface area contributed by atoms with E-state index in [0.29, 0.717) is 5.92 Å². The molecule has 1 aliphatic carbocycles. The molecule has 0 radical (unpaired) electrons.